The van der Waals surface area contributed by atoms with Crippen LogP contribution in [0.2, 0.25) is 0 Å². The molecule has 0 aliphatic carbocycles. The van der Waals surface area contributed by atoms with E-state index in [9.17, 15) is 18.0 Å². The van der Waals surface area contributed by atoms with Crippen molar-refractivity contribution in [2.75, 3.05) is 6.61 Å². The van der Waals surface area contributed by atoms with E-state index in [4.69, 9.17) is 4.74 Å². The summed E-state index contributed by atoms with van der Waals surface area (Å²) in [6, 6.07) is 0.928. The van der Waals surface area contributed by atoms with E-state index in [0.29, 0.717) is 12.1 Å². The van der Waals surface area contributed by atoms with Gasteiger partial charge in [-0.3, -0.25) is 4.79 Å². The van der Waals surface area contributed by atoms with Gasteiger partial charge in [0.2, 0.25) is 0 Å². The quantitative estimate of drug-likeness (QED) is 0.746. The molecule has 0 saturated heterocycles. The monoisotopic (exact) mass is 232 g/mol. The third-order valence-electron chi connectivity index (χ3n) is 1.83. The fourth-order valence-electron chi connectivity index (χ4n) is 1.12. The van der Waals surface area contributed by atoms with Crippen LogP contribution < -0.4 is 0 Å². The fourth-order valence-corrected chi connectivity index (χ4v) is 1.12. The van der Waals surface area contributed by atoms with E-state index in [2.05, 4.69) is 0 Å². The van der Waals surface area contributed by atoms with Gasteiger partial charge in [-0.2, -0.15) is 0 Å². The van der Waals surface area contributed by atoms with Crippen molar-refractivity contribution in [1.82, 2.24) is 0 Å². The molecule has 0 amide bonds. The Balaban J connectivity index is 2.91. The third kappa shape index (κ3) is 3.06. The van der Waals surface area contributed by atoms with Crippen molar-refractivity contribution in [3.63, 3.8) is 0 Å². The topological polar surface area (TPSA) is 26.3 Å². The summed E-state index contributed by atoms with van der Waals surface area (Å²) >= 11 is 0. The number of halogens is 3. The minimum atomic E-state index is -1.21. The van der Waals surface area contributed by atoms with Gasteiger partial charge >= 0.3 is 0 Å². The summed E-state index contributed by atoms with van der Waals surface area (Å²) in [5.74, 6) is -4.33. The van der Waals surface area contributed by atoms with Crippen LogP contribution >= 0.6 is 0 Å². The minimum Gasteiger partial charge on any atom is -0.371 e. The van der Waals surface area contributed by atoms with Crippen LogP contribution in [0.1, 0.15) is 24.2 Å². The molecule has 0 unspecified atom stereocenters. The Labute approximate surface area is 91.0 Å². The van der Waals surface area contributed by atoms with Crippen LogP contribution in [0.3, 0.4) is 0 Å². The maximum Gasteiger partial charge on any atom is 0.194 e. The molecule has 2 nitrogen and oxygen atoms in total. The Morgan fingerprint density at radius 2 is 1.75 bits per heavy atom. The van der Waals surface area contributed by atoms with Gasteiger partial charge < -0.3 is 4.74 Å². The maximum atomic E-state index is 13.1. The summed E-state index contributed by atoms with van der Waals surface area (Å²) in [5.41, 5.74) is -0.762. The lowest BCUT2D eigenvalue weighted by Gasteiger charge is -2.08. The molecule has 0 bridgehead atoms. The van der Waals surface area contributed by atoms with Gasteiger partial charge in [0.15, 0.2) is 5.78 Å². The molecule has 0 heterocycles. The Morgan fingerprint density at radius 1 is 1.25 bits per heavy atom. The lowest BCUT2D eigenvalue weighted by atomic mass is 10.1. The fraction of sp³-hybridized carbons (Fsp3) is 0.364. The molecule has 0 fully saturated rings. The average molecular weight is 232 g/mol. The molecule has 0 aliphatic heterocycles. The zero-order valence-corrected chi connectivity index (χ0v) is 8.89. The molecule has 0 radical (unpaired) electrons. The number of benzene rings is 1. The van der Waals surface area contributed by atoms with Crippen LogP contribution in [0.25, 0.3) is 0 Å². The molecule has 1 aromatic carbocycles. The van der Waals surface area contributed by atoms with E-state index in [1.807, 2.05) is 0 Å². The van der Waals surface area contributed by atoms with Crippen molar-refractivity contribution in [3.05, 3.63) is 35.1 Å². The van der Waals surface area contributed by atoms with Gasteiger partial charge in [0.1, 0.15) is 24.1 Å². The molecule has 1 aromatic rings. The number of hydrogen-bond donors (Lipinski definition) is 0. The first-order valence-electron chi connectivity index (χ1n) is 4.71. The SMILES string of the molecule is CC(C)OCC(=O)c1c(F)cc(F)cc1F. The standard InChI is InChI=1S/C11H11F3O2/c1-6(2)16-5-10(15)11-8(13)3-7(12)4-9(11)14/h3-4,6H,5H2,1-2H3. The van der Waals surface area contributed by atoms with Gasteiger partial charge in [-0.25, -0.2) is 13.2 Å². The highest BCUT2D eigenvalue weighted by Crippen LogP contribution is 2.15. The Morgan fingerprint density at radius 3 is 2.19 bits per heavy atom. The molecule has 0 N–H and O–H groups in total. The average Bonchev–Trinajstić information content (AvgIpc) is 2.12. The number of carbonyl (C=O) groups excluding carboxylic acids is 1. The van der Waals surface area contributed by atoms with Crippen LogP contribution in [0.4, 0.5) is 13.2 Å². The van der Waals surface area contributed by atoms with Crippen LogP contribution in [-0.2, 0) is 4.74 Å². The van der Waals surface area contributed by atoms with Crippen molar-refractivity contribution in [3.8, 4) is 0 Å². The molecule has 16 heavy (non-hydrogen) atoms. The van der Waals surface area contributed by atoms with Crippen molar-refractivity contribution in [2.45, 2.75) is 20.0 Å². The summed E-state index contributed by atoms with van der Waals surface area (Å²) in [5, 5.41) is 0. The highest BCUT2D eigenvalue weighted by atomic mass is 19.1. The number of ether oxygens (including phenoxy) is 1. The number of rotatable bonds is 4. The zero-order valence-electron chi connectivity index (χ0n) is 8.89. The molecule has 0 saturated carbocycles. The van der Waals surface area contributed by atoms with Crippen molar-refractivity contribution < 1.29 is 22.7 Å². The van der Waals surface area contributed by atoms with E-state index >= 15 is 0 Å². The van der Waals surface area contributed by atoms with Gasteiger partial charge in [-0.15, -0.1) is 0 Å². The highest BCUT2D eigenvalue weighted by Gasteiger charge is 2.19. The minimum absolute atomic E-state index is 0.226. The summed E-state index contributed by atoms with van der Waals surface area (Å²) in [4.78, 5) is 11.4. The van der Waals surface area contributed by atoms with Gasteiger partial charge in [0, 0.05) is 12.1 Å². The number of carbonyl (C=O) groups is 1. The van der Waals surface area contributed by atoms with Crippen LogP contribution in [-0.4, -0.2) is 18.5 Å². The second-order valence-electron chi connectivity index (χ2n) is 3.53. The molecule has 88 valence electrons. The second-order valence-corrected chi connectivity index (χ2v) is 3.53. The largest absolute Gasteiger partial charge is 0.371 e. The molecule has 0 atom stereocenters. The van der Waals surface area contributed by atoms with E-state index in [1.165, 1.54) is 0 Å². The Kier molecular flexibility index (Phi) is 4.06. The first-order valence-corrected chi connectivity index (χ1v) is 4.71. The van der Waals surface area contributed by atoms with E-state index in [0.717, 1.165) is 0 Å². The summed E-state index contributed by atoms with van der Waals surface area (Å²) in [6.45, 7) is 2.94. The Bertz CT molecular complexity index is 379. The Hall–Kier alpha value is -1.36. The summed E-state index contributed by atoms with van der Waals surface area (Å²) in [7, 11) is 0. The van der Waals surface area contributed by atoms with Crippen LogP contribution in [0.5, 0.6) is 0 Å². The molecule has 0 aliphatic rings. The van der Waals surface area contributed by atoms with Gasteiger partial charge in [0.05, 0.1) is 11.7 Å². The van der Waals surface area contributed by atoms with Crippen LogP contribution in [0, 0.1) is 17.5 Å². The number of hydrogen-bond acceptors (Lipinski definition) is 2. The van der Waals surface area contributed by atoms with E-state index in [1.54, 1.807) is 13.8 Å². The third-order valence-corrected chi connectivity index (χ3v) is 1.83. The van der Waals surface area contributed by atoms with Gasteiger partial charge in [-0.05, 0) is 13.8 Å². The molecular formula is C11H11F3O2. The normalized spacial score (nSPS) is 10.9. The summed E-state index contributed by atoms with van der Waals surface area (Å²) < 4.78 is 43.7. The highest BCUT2D eigenvalue weighted by molar-refractivity contribution is 5.97. The molecule has 5 heteroatoms. The van der Waals surface area contributed by atoms with Crippen molar-refractivity contribution in [2.24, 2.45) is 0 Å². The lowest BCUT2D eigenvalue weighted by Crippen LogP contribution is -2.16. The zero-order chi connectivity index (χ0) is 12.3. The second kappa shape index (κ2) is 5.12. The maximum absolute atomic E-state index is 13.1. The van der Waals surface area contributed by atoms with Crippen molar-refractivity contribution >= 4 is 5.78 Å². The van der Waals surface area contributed by atoms with E-state index < -0.39 is 35.4 Å². The predicted octanol–water partition coefficient (Wildman–Crippen LogP) is 2.71. The van der Waals surface area contributed by atoms with E-state index in [-0.39, 0.29) is 6.10 Å². The molecule has 0 aromatic heterocycles. The smallest absolute Gasteiger partial charge is 0.194 e. The molecule has 1 rings (SSSR count). The molecular weight excluding hydrogens is 221 g/mol. The first kappa shape index (κ1) is 12.7. The van der Waals surface area contributed by atoms with Crippen LogP contribution in [0.15, 0.2) is 12.1 Å². The number of ketones is 1. The van der Waals surface area contributed by atoms with Gasteiger partial charge in [-0.1, -0.05) is 0 Å². The van der Waals surface area contributed by atoms with Crippen molar-refractivity contribution in [1.29, 1.82) is 0 Å². The molecule has 0 spiro atoms. The lowest BCUT2D eigenvalue weighted by molar-refractivity contribution is 0.0577. The number of Topliss-reactive ketones (excluding diaryl/α,β-unsaturated/α-hetero) is 1. The van der Waals surface area contributed by atoms with Gasteiger partial charge in [0.25, 0.3) is 0 Å². The first-order chi connectivity index (χ1) is 7.41. The summed E-state index contributed by atoms with van der Waals surface area (Å²) in [6.07, 6.45) is -0.226. The predicted molar refractivity (Wildman–Crippen MR) is 51.7 cm³/mol.